The summed E-state index contributed by atoms with van der Waals surface area (Å²) in [6.07, 6.45) is 2.69. The zero-order valence-corrected chi connectivity index (χ0v) is 7.70. The van der Waals surface area contributed by atoms with Crippen molar-refractivity contribution in [2.24, 2.45) is 0 Å². The fourth-order valence-corrected chi connectivity index (χ4v) is 1.10. The SMILES string of the molecule is CC(=Cc1ccc(O)cc1)CCO. The Morgan fingerprint density at radius 3 is 2.46 bits per heavy atom. The van der Waals surface area contributed by atoms with Crippen LogP contribution in [0, 0.1) is 0 Å². The second-order valence-corrected chi connectivity index (χ2v) is 3.06. The molecular weight excluding hydrogens is 164 g/mol. The predicted octanol–water partition coefficient (Wildman–Crippen LogP) is 2.18. The molecule has 1 aromatic rings. The third kappa shape index (κ3) is 3.30. The number of rotatable bonds is 3. The molecule has 13 heavy (non-hydrogen) atoms. The van der Waals surface area contributed by atoms with Crippen LogP contribution in [0.5, 0.6) is 5.75 Å². The summed E-state index contributed by atoms with van der Waals surface area (Å²) in [5, 5.41) is 17.7. The van der Waals surface area contributed by atoms with Gasteiger partial charge in [0.25, 0.3) is 0 Å². The van der Waals surface area contributed by atoms with Gasteiger partial charge in [-0.2, -0.15) is 0 Å². The van der Waals surface area contributed by atoms with E-state index in [4.69, 9.17) is 10.2 Å². The Kier molecular flexibility index (Phi) is 3.53. The van der Waals surface area contributed by atoms with E-state index in [1.54, 1.807) is 12.1 Å². The third-order valence-corrected chi connectivity index (χ3v) is 1.81. The average Bonchev–Trinajstić information content (AvgIpc) is 2.09. The highest BCUT2D eigenvalue weighted by Crippen LogP contribution is 2.13. The van der Waals surface area contributed by atoms with Gasteiger partial charge in [0.05, 0.1) is 0 Å². The molecule has 0 radical (unpaired) electrons. The van der Waals surface area contributed by atoms with E-state index in [0.29, 0.717) is 6.42 Å². The van der Waals surface area contributed by atoms with Gasteiger partial charge in [0.15, 0.2) is 0 Å². The van der Waals surface area contributed by atoms with E-state index in [-0.39, 0.29) is 12.4 Å². The number of hydrogen-bond acceptors (Lipinski definition) is 2. The van der Waals surface area contributed by atoms with Crippen molar-refractivity contribution in [2.75, 3.05) is 6.61 Å². The predicted molar refractivity (Wildman–Crippen MR) is 53.5 cm³/mol. The number of phenols is 1. The lowest BCUT2D eigenvalue weighted by Crippen LogP contribution is -1.83. The maximum Gasteiger partial charge on any atom is 0.115 e. The van der Waals surface area contributed by atoms with Crippen molar-refractivity contribution >= 4 is 6.08 Å². The molecule has 0 saturated carbocycles. The van der Waals surface area contributed by atoms with Crippen LogP contribution in [0.2, 0.25) is 0 Å². The van der Waals surface area contributed by atoms with Gasteiger partial charge in [-0.25, -0.2) is 0 Å². The van der Waals surface area contributed by atoms with Crippen molar-refractivity contribution in [1.82, 2.24) is 0 Å². The van der Waals surface area contributed by atoms with E-state index in [1.165, 1.54) is 0 Å². The lowest BCUT2D eigenvalue weighted by Gasteiger charge is -1.98. The van der Waals surface area contributed by atoms with Crippen molar-refractivity contribution in [3.63, 3.8) is 0 Å². The third-order valence-electron chi connectivity index (χ3n) is 1.81. The molecule has 2 N–H and O–H groups in total. The minimum atomic E-state index is 0.181. The van der Waals surface area contributed by atoms with Gasteiger partial charge in [-0.3, -0.25) is 0 Å². The molecule has 0 aliphatic rings. The Bertz CT molecular complexity index is 285. The largest absolute Gasteiger partial charge is 0.508 e. The van der Waals surface area contributed by atoms with Gasteiger partial charge in [0.2, 0.25) is 0 Å². The molecule has 0 atom stereocenters. The highest BCUT2D eigenvalue weighted by Gasteiger charge is 1.91. The Morgan fingerprint density at radius 2 is 1.92 bits per heavy atom. The summed E-state index contributed by atoms with van der Waals surface area (Å²) in [5.74, 6) is 0.275. The minimum Gasteiger partial charge on any atom is -0.508 e. The van der Waals surface area contributed by atoms with Gasteiger partial charge < -0.3 is 10.2 Å². The summed E-state index contributed by atoms with van der Waals surface area (Å²) in [7, 11) is 0. The first-order valence-corrected chi connectivity index (χ1v) is 4.29. The Labute approximate surface area is 78.2 Å². The lowest BCUT2D eigenvalue weighted by atomic mass is 10.1. The van der Waals surface area contributed by atoms with Crippen LogP contribution >= 0.6 is 0 Å². The first-order valence-electron chi connectivity index (χ1n) is 4.29. The second-order valence-electron chi connectivity index (χ2n) is 3.06. The van der Waals surface area contributed by atoms with Crippen molar-refractivity contribution in [1.29, 1.82) is 0 Å². The molecule has 0 amide bonds. The quantitative estimate of drug-likeness (QED) is 0.744. The standard InChI is InChI=1S/C11H14O2/c1-9(6-7-12)8-10-2-4-11(13)5-3-10/h2-5,8,12-13H,6-7H2,1H3. The molecule has 0 bridgehead atoms. The molecule has 2 nitrogen and oxygen atoms in total. The summed E-state index contributed by atoms with van der Waals surface area (Å²) in [5.41, 5.74) is 2.18. The summed E-state index contributed by atoms with van der Waals surface area (Å²) in [6.45, 7) is 2.16. The number of aromatic hydroxyl groups is 1. The summed E-state index contributed by atoms with van der Waals surface area (Å²) in [6, 6.07) is 6.99. The molecule has 2 heteroatoms. The van der Waals surface area contributed by atoms with Gasteiger partial charge in [-0.1, -0.05) is 23.8 Å². The molecule has 1 aromatic carbocycles. The first kappa shape index (κ1) is 9.81. The fraction of sp³-hybridized carbons (Fsp3) is 0.273. The number of benzene rings is 1. The molecular formula is C11H14O2. The van der Waals surface area contributed by atoms with Gasteiger partial charge in [0, 0.05) is 6.61 Å². The molecule has 0 heterocycles. The fourth-order valence-electron chi connectivity index (χ4n) is 1.10. The van der Waals surface area contributed by atoms with Crippen LogP contribution in [0.1, 0.15) is 18.9 Å². The highest BCUT2D eigenvalue weighted by molar-refractivity contribution is 5.53. The number of aliphatic hydroxyl groups excluding tert-OH is 1. The zero-order chi connectivity index (χ0) is 9.68. The van der Waals surface area contributed by atoms with Crippen LogP contribution in [0.25, 0.3) is 6.08 Å². The molecule has 70 valence electrons. The molecule has 0 unspecified atom stereocenters. The van der Waals surface area contributed by atoms with Crippen LogP contribution in [-0.2, 0) is 0 Å². The first-order chi connectivity index (χ1) is 6.22. The summed E-state index contributed by atoms with van der Waals surface area (Å²) >= 11 is 0. The smallest absolute Gasteiger partial charge is 0.115 e. The van der Waals surface area contributed by atoms with Crippen LogP contribution < -0.4 is 0 Å². The van der Waals surface area contributed by atoms with E-state index in [1.807, 2.05) is 25.1 Å². The van der Waals surface area contributed by atoms with Gasteiger partial charge in [0.1, 0.15) is 5.75 Å². The molecule has 0 aliphatic heterocycles. The maximum atomic E-state index is 9.03. The lowest BCUT2D eigenvalue weighted by molar-refractivity contribution is 0.299. The monoisotopic (exact) mass is 178 g/mol. The maximum absolute atomic E-state index is 9.03. The van der Waals surface area contributed by atoms with Crippen molar-refractivity contribution in [3.8, 4) is 5.75 Å². The average molecular weight is 178 g/mol. The normalized spacial score (nSPS) is 11.7. The number of hydrogen-bond donors (Lipinski definition) is 2. The number of aliphatic hydroxyl groups is 1. The van der Waals surface area contributed by atoms with Crippen LogP contribution in [0.3, 0.4) is 0 Å². The van der Waals surface area contributed by atoms with Crippen molar-refractivity contribution in [3.05, 3.63) is 35.4 Å². The van der Waals surface area contributed by atoms with Crippen LogP contribution in [-0.4, -0.2) is 16.8 Å². The Hall–Kier alpha value is -1.28. The highest BCUT2D eigenvalue weighted by atomic mass is 16.3. The molecule has 0 fully saturated rings. The van der Waals surface area contributed by atoms with Crippen LogP contribution in [0.15, 0.2) is 29.8 Å². The van der Waals surface area contributed by atoms with E-state index < -0.39 is 0 Å². The van der Waals surface area contributed by atoms with Gasteiger partial charge >= 0.3 is 0 Å². The minimum absolute atomic E-state index is 0.181. The van der Waals surface area contributed by atoms with Gasteiger partial charge in [-0.15, -0.1) is 0 Å². The molecule has 0 aromatic heterocycles. The van der Waals surface area contributed by atoms with Crippen molar-refractivity contribution in [2.45, 2.75) is 13.3 Å². The second kappa shape index (κ2) is 4.67. The molecule has 0 spiro atoms. The van der Waals surface area contributed by atoms with E-state index in [2.05, 4.69) is 0 Å². The number of phenolic OH excluding ortho intramolecular Hbond substituents is 1. The topological polar surface area (TPSA) is 40.5 Å². The van der Waals surface area contributed by atoms with E-state index in [0.717, 1.165) is 11.1 Å². The Balaban J connectivity index is 2.73. The van der Waals surface area contributed by atoms with E-state index in [9.17, 15) is 0 Å². The Morgan fingerprint density at radius 1 is 1.31 bits per heavy atom. The zero-order valence-electron chi connectivity index (χ0n) is 7.70. The molecule has 0 saturated heterocycles. The summed E-state index contributed by atoms with van der Waals surface area (Å²) in [4.78, 5) is 0. The van der Waals surface area contributed by atoms with E-state index >= 15 is 0 Å². The van der Waals surface area contributed by atoms with Gasteiger partial charge in [-0.05, 0) is 31.0 Å². The molecule has 1 rings (SSSR count). The molecule has 0 aliphatic carbocycles. The summed E-state index contributed by atoms with van der Waals surface area (Å²) < 4.78 is 0. The van der Waals surface area contributed by atoms with Crippen molar-refractivity contribution < 1.29 is 10.2 Å². The van der Waals surface area contributed by atoms with Crippen LogP contribution in [0.4, 0.5) is 0 Å².